The highest BCUT2D eigenvalue weighted by Gasteiger charge is 2.07. The summed E-state index contributed by atoms with van der Waals surface area (Å²) in [5.74, 6) is 0. The van der Waals surface area contributed by atoms with Crippen LogP contribution in [0, 0.1) is 10.1 Å². The normalized spacial score (nSPS) is 10.4. The van der Waals surface area contributed by atoms with Gasteiger partial charge in [-0.3, -0.25) is 10.1 Å². The van der Waals surface area contributed by atoms with Crippen molar-refractivity contribution in [3.63, 3.8) is 0 Å². The molecule has 1 N–H and O–H groups in total. The molecule has 21 heavy (non-hydrogen) atoms. The maximum absolute atomic E-state index is 10.6. The maximum atomic E-state index is 10.6. The van der Waals surface area contributed by atoms with Gasteiger partial charge in [0.05, 0.1) is 20.7 Å². The number of hydrogen-bond acceptors (Lipinski definition) is 3. The van der Waals surface area contributed by atoms with Crippen LogP contribution < -0.4 is 5.32 Å². The van der Waals surface area contributed by atoms with Crippen LogP contribution in [0.5, 0.6) is 0 Å². The Kier molecular flexibility index (Phi) is 5.45. The highest BCUT2D eigenvalue weighted by Crippen LogP contribution is 2.33. The summed E-state index contributed by atoms with van der Waals surface area (Å²) in [5.41, 5.74) is 1.77. The fraction of sp³-hybridized carbons (Fsp3) is 0.143. The highest BCUT2D eigenvalue weighted by atomic mass is 79.9. The first-order valence-corrected chi connectivity index (χ1v) is 7.64. The van der Waals surface area contributed by atoms with Crippen LogP contribution in [0.4, 0.5) is 11.4 Å². The summed E-state index contributed by atoms with van der Waals surface area (Å²) in [7, 11) is 0. The molecule has 0 saturated heterocycles. The summed E-state index contributed by atoms with van der Waals surface area (Å²) in [6, 6.07) is 10.0. The molecule has 0 atom stereocenters. The van der Waals surface area contributed by atoms with Gasteiger partial charge in [-0.1, -0.05) is 51.3 Å². The zero-order chi connectivity index (χ0) is 15.4. The molecule has 0 heterocycles. The second-order valence-electron chi connectivity index (χ2n) is 4.34. The van der Waals surface area contributed by atoms with Crippen molar-refractivity contribution < 1.29 is 4.92 Å². The van der Waals surface area contributed by atoms with Crippen LogP contribution in [0.3, 0.4) is 0 Å². The molecule has 0 fully saturated rings. The molecular formula is C14H11BrCl2N2O2. The van der Waals surface area contributed by atoms with Crippen molar-refractivity contribution in [2.45, 2.75) is 6.42 Å². The van der Waals surface area contributed by atoms with Gasteiger partial charge >= 0.3 is 0 Å². The minimum Gasteiger partial charge on any atom is -0.382 e. The average molecular weight is 390 g/mol. The summed E-state index contributed by atoms with van der Waals surface area (Å²) in [6.45, 7) is 0.624. The molecule has 0 amide bonds. The van der Waals surface area contributed by atoms with Crippen molar-refractivity contribution in [2.75, 3.05) is 11.9 Å². The van der Waals surface area contributed by atoms with Gasteiger partial charge in [0.25, 0.3) is 5.69 Å². The molecule has 110 valence electrons. The number of hydrogen-bond donors (Lipinski definition) is 1. The van der Waals surface area contributed by atoms with E-state index < -0.39 is 4.92 Å². The molecule has 0 spiro atoms. The predicted octanol–water partition coefficient (Wildman–Crippen LogP) is 5.32. The Morgan fingerprint density at radius 2 is 1.71 bits per heavy atom. The van der Waals surface area contributed by atoms with Gasteiger partial charge in [-0.15, -0.1) is 0 Å². The monoisotopic (exact) mass is 388 g/mol. The van der Waals surface area contributed by atoms with E-state index >= 15 is 0 Å². The lowest BCUT2D eigenvalue weighted by molar-refractivity contribution is -0.384. The van der Waals surface area contributed by atoms with Gasteiger partial charge in [0.2, 0.25) is 0 Å². The minimum atomic E-state index is -0.413. The van der Waals surface area contributed by atoms with E-state index in [-0.39, 0.29) is 5.69 Å². The number of nitrogens with one attached hydrogen (secondary N) is 1. The number of nitrogens with zero attached hydrogens (tertiary/aromatic N) is 1. The zero-order valence-electron chi connectivity index (χ0n) is 10.8. The van der Waals surface area contributed by atoms with Gasteiger partial charge in [-0.25, -0.2) is 0 Å². The molecule has 0 radical (unpaired) electrons. The van der Waals surface area contributed by atoms with Crippen LogP contribution in [0.1, 0.15) is 5.56 Å². The van der Waals surface area contributed by atoms with Crippen LogP contribution in [0.15, 0.2) is 40.9 Å². The van der Waals surface area contributed by atoms with Crippen molar-refractivity contribution in [3.8, 4) is 0 Å². The fourth-order valence-electron chi connectivity index (χ4n) is 1.83. The molecule has 0 aromatic heterocycles. The molecule has 0 saturated carbocycles. The number of halogens is 3. The van der Waals surface area contributed by atoms with Gasteiger partial charge in [0, 0.05) is 23.2 Å². The third-order valence-electron chi connectivity index (χ3n) is 2.87. The van der Waals surface area contributed by atoms with E-state index in [1.54, 1.807) is 24.3 Å². The Hall–Kier alpha value is -1.30. The zero-order valence-corrected chi connectivity index (χ0v) is 13.9. The van der Waals surface area contributed by atoms with Gasteiger partial charge in [0.1, 0.15) is 0 Å². The summed E-state index contributed by atoms with van der Waals surface area (Å²) in [5, 5.41) is 14.8. The van der Waals surface area contributed by atoms with E-state index in [9.17, 15) is 10.1 Å². The Labute approximate surface area is 140 Å². The summed E-state index contributed by atoms with van der Waals surface area (Å²) < 4.78 is 0.818. The van der Waals surface area contributed by atoms with Crippen LogP contribution in [0.2, 0.25) is 10.0 Å². The molecule has 2 aromatic carbocycles. The lowest BCUT2D eigenvalue weighted by atomic mass is 10.1. The smallest absolute Gasteiger partial charge is 0.269 e. The van der Waals surface area contributed by atoms with Gasteiger partial charge in [-0.05, 0) is 24.1 Å². The number of rotatable bonds is 5. The van der Waals surface area contributed by atoms with Gasteiger partial charge in [0.15, 0.2) is 0 Å². The predicted molar refractivity (Wildman–Crippen MR) is 89.5 cm³/mol. The van der Waals surface area contributed by atoms with Crippen molar-refractivity contribution in [1.29, 1.82) is 0 Å². The molecule has 0 bridgehead atoms. The van der Waals surface area contributed by atoms with Crippen LogP contribution in [0.25, 0.3) is 0 Å². The fourth-order valence-corrected chi connectivity index (χ4v) is 3.17. The van der Waals surface area contributed by atoms with Crippen molar-refractivity contribution >= 4 is 50.5 Å². The number of non-ortho nitro benzene ring substituents is 1. The quantitative estimate of drug-likeness (QED) is 0.556. The topological polar surface area (TPSA) is 55.2 Å². The van der Waals surface area contributed by atoms with Crippen LogP contribution in [-0.4, -0.2) is 11.5 Å². The average Bonchev–Trinajstić information content (AvgIpc) is 2.42. The molecule has 2 aromatic rings. The first-order chi connectivity index (χ1) is 9.97. The lowest BCUT2D eigenvalue weighted by Gasteiger charge is -2.11. The molecule has 0 unspecified atom stereocenters. The summed E-state index contributed by atoms with van der Waals surface area (Å²) >= 11 is 15.6. The van der Waals surface area contributed by atoms with Crippen molar-refractivity contribution in [3.05, 3.63) is 66.6 Å². The Balaban J connectivity index is 1.97. The standard InChI is InChI=1S/C14H11BrCl2N2O2/c15-10-7-12(16)14(13(17)8-10)18-6-5-9-1-3-11(4-2-9)19(20)21/h1-4,7-8,18H,5-6H2. The van der Waals surface area contributed by atoms with E-state index in [0.717, 1.165) is 10.0 Å². The first kappa shape index (κ1) is 16.1. The second kappa shape index (κ2) is 7.11. The van der Waals surface area contributed by atoms with E-state index in [4.69, 9.17) is 23.2 Å². The van der Waals surface area contributed by atoms with E-state index in [1.165, 1.54) is 12.1 Å². The Morgan fingerprint density at radius 1 is 1.14 bits per heavy atom. The van der Waals surface area contributed by atoms with E-state index in [1.807, 2.05) is 0 Å². The third-order valence-corrected chi connectivity index (χ3v) is 3.92. The molecule has 4 nitrogen and oxygen atoms in total. The SMILES string of the molecule is O=[N+]([O-])c1ccc(CCNc2c(Cl)cc(Br)cc2Cl)cc1. The largest absolute Gasteiger partial charge is 0.382 e. The number of anilines is 1. The lowest BCUT2D eigenvalue weighted by Crippen LogP contribution is -2.06. The van der Waals surface area contributed by atoms with Crippen LogP contribution >= 0.6 is 39.1 Å². The molecule has 0 aliphatic heterocycles. The molecule has 0 aliphatic rings. The van der Waals surface area contributed by atoms with Crippen molar-refractivity contribution in [1.82, 2.24) is 0 Å². The minimum absolute atomic E-state index is 0.0886. The van der Waals surface area contributed by atoms with Crippen LogP contribution in [-0.2, 0) is 6.42 Å². The third kappa shape index (κ3) is 4.33. The number of benzene rings is 2. The van der Waals surface area contributed by atoms with Gasteiger partial charge in [-0.2, -0.15) is 0 Å². The number of nitro benzene ring substituents is 1. The first-order valence-electron chi connectivity index (χ1n) is 6.09. The number of nitro groups is 1. The summed E-state index contributed by atoms with van der Waals surface area (Å²) in [6.07, 6.45) is 0.709. The summed E-state index contributed by atoms with van der Waals surface area (Å²) in [4.78, 5) is 10.2. The van der Waals surface area contributed by atoms with E-state index in [2.05, 4.69) is 21.2 Å². The maximum Gasteiger partial charge on any atom is 0.269 e. The molecule has 0 aliphatic carbocycles. The van der Waals surface area contributed by atoms with E-state index in [0.29, 0.717) is 28.7 Å². The Morgan fingerprint density at radius 3 is 2.24 bits per heavy atom. The molecular weight excluding hydrogens is 379 g/mol. The van der Waals surface area contributed by atoms with Gasteiger partial charge < -0.3 is 5.32 Å². The van der Waals surface area contributed by atoms with Crippen molar-refractivity contribution in [2.24, 2.45) is 0 Å². The Bertz CT molecular complexity index is 640. The second-order valence-corrected chi connectivity index (χ2v) is 6.07. The molecule has 7 heteroatoms. The molecule has 2 rings (SSSR count). The highest BCUT2D eigenvalue weighted by molar-refractivity contribution is 9.10.